The normalized spacial score (nSPS) is 17.9. The Hall–Kier alpha value is -1.90. The van der Waals surface area contributed by atoms with Gasteiger partial charge in [-0.15, -0.1) is 0 Å². The number of carbonyl (C=O) groups is 1. The minimum absolute atomic E-state index is 0.349. The molecule has 0 aliphatic carbocycles. The lowest BCUT2D eigenvalue weighted by atomic mass is 10.2. The Kier molecular flexibility index (Phi) is 2.37. The van der Waals surface area contributed by atoms with Gasteiger partial charge in [-0.3, -0.25) is 0 Å². The zero-order valence-corrected chi connectivity index (χ0v) is 8.65. The molecule has 1 aromatic carbocycles. The molecule has 76 valence electrons. The summed E-state index contributed by atoms with van der Waals surface area (Å²) in [5.74, 6) is 0.0437. The first-order valence-corrected chi connectivity index (χ1v) is 4.71. The number of carbonyl (C=O) groups excluding carboxylic acids is 1. The van der Waals surface area contributed by atoms with E-state index in [-0.39, 0.29) is 5.97 Å². The zero-order chi connectivity index (χ0) is 10.8. The Balaban J connectivity index is 2.28. The van der Waals surface area contributed by atoms with Gasteiger partial charge >= 0.3 is 5.97 Å². The number of benzene rings is 1. The number of cyclic esters (lactones) is 1. The highest BCUT2D eigenvalue weighted by atomic mass is 16.5. The van der Waals surface area contributed by atoms with Crippen LogP contribution in [-0.2, 0) is 9.53 Å². The minimum atomic E-state index is -0.349. The molecule has 0 atom stereocenters. The summed E-state index contributed by atoms with van der Waals surface area (Å²) in [5.41, 5.74) is 2.73. The Morgan fingerprint density at radius 2 is 1.80 bits per heavy atom. The summed E-state index contributed by atoms with van der Waals surface area (Å²) in [6.45, 7) is 3.82. The van der Waals surface area contributed by atoms with Crippen LogP contribution < -0.4 is 0 Å². The molecule has 0 saturated carbocycles. The highest BCUT2D eigenvalue weighted by Crippen LogP contribution is 2.17. The summed E-state index contributed by atoms with van der Waals surface area (Å²) in [6, 6.07) is 7.72. The third-order valence-electron chi connectivity index (χ3n) is 2.13. The van der Waals surface area contributed by atoms with Gasteiger partial charge in [0.25, 0.3) is 0 Å². The van der Waals surface area contributed by atoms with Crippen molar-refractivity contribution in [2.24, 2.45) is 4.99 Å². The van der Waals surface area contributed by atoms with E-state index in [0.717, 1.165) is 11.3 Å². The van der Waals surface area contributed by atoms with Gasteiger partial charge in [-0.2, -0.15) is 0 Å². The summed E-state index contributed by atoms with van der Waals surface area (Å²) < 4.78 is 4.93. The van der Waals surface area contributed by atoms with Gasteiger partial charge in [-0.25, -0.2) is 9.79 Å². The molecule has 0 aromatic heterocycles. The second-order valence-corrected chi connectivity index (χ2v) is 3.50. The predicted octanol–water partition coefficient (Wildman–Crippen LogP) is 2.53. The van der Waals surface area contributed by atoms with Gasteiger partial charge in [-0.1, -0.05) is 17.7 Å². The summed E-state index contributed by atoms with van der Waals surface area (Å²) in [5, 5.41) is 0. The molecule has 0 spiro atoms. The smallest absolute Gasteiger partial charge is 0.337 e. The van der Waals surface area contributed by atoms with E-state index in [0.29, 0.717) is 5.90 Å². The maximum absolute atomic E-state index is 10.9. The fourth-order valence-corrected chi connectivity index (χ4v) is 1.29. The van der Waals surface area contributed by atoms with Gasteiger partial charge in [0.1, 0.15) is 0 Å². The van der Waals surface area contributed by atoms with Crippen LogP contribution in [0.15, 0.2) is 40.9 Å². The number of aryl methyl sites for hydroxylation is 1. The molecule has 1 aromatic rings. The lowest BCUT2D eigenvalue weighted by Crippen LogP contribution is -2.00. The molecule has 3 heteroatoms. The monoisotopic (exact) mass is 201 g/mol. The zero-order valence-electron chi connectivity index (χ0n) is 8.65. The van der Waals surface area contributed by atoms with Crippen LogP contribution in [0.5, 0.6) is 0 Å². The Morgan fingerprint density at radius 3 is 2.33 bits per heavy atom. The van der Waals surface area contributed by atoms with Gasteiger partial charge < -0.3 is 4.74 Å². The fourth-order valence-electron chi connectivity index (χ4n) is 1.29. The van der Waals surface area contributed by atoms with Crippen LogP contribution in [-0.4, -0.2) is 11.9 Å². The summed E-state index contributed by atoms with van der Waals surface area (Å²) in [7, 11) is 0. The van der Waals surface area contributed by atoms with Crippen molar-refractivity contribution in [3.8, 4) is 0 Å². The van der Waals surface area contributed by atoms with Crippen molar-refractivity contribution < 1.29 is 9.53 Å². The number of esters is 1. The van der Waals surface area contributed by atoms with E-state index in [1.54, 1.807) is 6.92 Å². The van der Waals surface area contributed by atoms with E-state index in [4.69, 9.17) is 4.74 Å². The van der Waals surface area contributed by atoms with Gasteiger partial charge in [0, 0.05) is 11.6 Å². The first kappa shape index (κ1) is 9.65. The lowest BCUT2D eigenvalue weighted by Gasteiger charge is -1.99. The molecular formula is C12H11NO2. The van der Waals surface area contributed by atoms with E-state index in [1.807, 2.05) is 31.2 Å². The standard InChI is InChI=1S/C12H11NO2/c1-8-3-5-10(6-4-8)13-12-9(2)7-11(14)15-12/h3-7H,1-2H3. The van der Waals surface area contributed by atoms with Crippen LogP contribution in [0, 0.1) is 6.92 Å². The molecule has 0 unspecified atom stereocenters. The van der Waals surface area contributed by atoms with E-state index in [2.05, 4.69) is 4.99 Å². The molecule has 0 radical (unpaired) electrons. The minimum Gasteiger partial charge on any atom is -0.404 e. The van der Waals surface area contributed by atoms with Gasteiger partial charge in [0.05, 0.1) is 5.69 Å². The predicted molar refractivity (Wildman–Crippen MR) is 58.1 cm³/mol. The van der Waals surface area contributed by atoms with Gasteiger partial charge in [0.15, 0.2) is 0 Å². The van der Waals surface area contributed by atoms with Crippen LogP contribution in [0.4, 0.5) is 5.69 Å². The van der Waals surface area contributed by atoms with Crippen LogP contribution >= 0.6 is 0 Å². The van der Waals surface area contributed by atoms with Gasteiger partial charge in [-0.05, 0) is 26.0 Å². The molecule has 15 heavy (non-hydrogen) atoms. The number of ether oxygens (including phenoxy) is 1. The third kappa shape index (κ3) is 2.13. The second-order valence-electron chi connectivity index (χ2n) is 3.50. The fraction of sp³-hybridized carbons (Fsp3) is 0.167. The number of aliphatic imine (C=N–C) groups is 1. The third-order valence-corrected chi connectivity index (χ3v) is 2.13. The highest BCUT2D eigenvalue weighted by molar-refractivity contribution is 6.11. The first-order valence-electron chi connectivity index (χ1n) is 4.71. The molecule has 0 bridgehead atoms. The quantitative estimate of drug-likeness (QED) is 0.655. The number of hydrogen-bond acceptors (Lipinski definition) is 3. The molecule has 0 amide bonds. The maximum Gasteiger partial charge on any atom is 0.337 e. The van der Waals surface area contributed by atoms with Crippen molar-refractivity contribution in [3.05, 3.63) is 41.5 Å². The number of hydrogen-bond donors (Lipinski definition) is 0. The van der Waals surface area contributed by atoms with Crippen molar-refractivity contribution >= 4 is 17.6 Å². The van der Waals surface area contributed by atoms with Crippen molar-refractivity contribution in [1.82, 2.24) is 0 Å². The highest BCUT2D eigenvalue weighted by Gasteiger charge is 2.17. The molecule has 0 saturated heterocycles. The number of nitrogens with zero attached hydrogens (tertiary/aromatic N) is 1. The van der Waals surface area contributed by atoms with Crippen molar-refractivity contribution in [3.63, 3.8) is 0 Å². The molecule has 2 rings (SSSR count). The molecule has 1 heterocycles. The lowest BCUT2D eigenvalue weighted by molar-refractivity contribution is -0.129. The molecule has 1 aliphatic rings. The Labute approximate surface area is 88.1 Å². The maximum atomic E-state index is 10.9. The Morgan fingerprint density at radius 1 is 1.13 bits per heavy atom. The van der Waals surface area contributed by atoms with E-state index in [9.17, 15) is 4.79 Å². The SMILES string of the molecule is CC1=CC(=O)OC1=Nc1ccc(C)cc1. The van der Waals surface area contributed by atoms with E-state index >= 15 is 0 Å². The molecule has 0 fully saturated rings. The summed E-state index contributed by atoms with van der Waals surface area (Å²) in [4.78, 5) is 15.2. The molecule has 3 nitrogen and oxygen atoms in total. The van der Waals surface area contributed by atoms with Crippen LogP contribution in [0.1, 0.15) is 12.5 Å². The topological polar surface area (TPSA) is 38.7 Å². The Bertz CT molecular complexity index is 455. The van der Waals surface area contributed by atoms with Crippen LogP contribution in [0.25, 0.3) is 0 Å². The van der Waals surface area contributed by atoms with Crippen molar-refractivity contribution in [2.45, 2.75) is 13.8 Å². The summed E-state index contributed by atoms with van der Waals surface area (Å²) in [6.07, 6.45) is 1.44. The average molecular weight is 201 g/mol. The first-order chi connectivity index (χ1) is 7.15. The molecule has 0 N–H and O–H groups in total. The van der Waals surface area contributed by atoms with E-state index in [1.165, 1.54) is 11.6 Å². The molecular weight excluding hydrogens is 190 g/mol. The molecule has 1 aliphatic heterocycles. The van der Waals surface area contributed by atoms with Crippen molar-refractivity contribution in [1.29, 1.82) is 0 Å². The van der Waals surface area contributed by atoms with Crippen LogP contribution in [0.2, 0.25) is 0 Å². The van der Waals surface area contributed by atoms with Gasteiger partial charge in [0.2, 0.25) is 5.90 Å². The second kappa shape index (κ2) is 3.69. The summed E-state index contributed by atoms with van der Waals surface area (Å²) >= 11 is 0. The van der Waals surface area contributed by atoms with Crippen LogP contribution in [0.3, 0.4) is 0 Å². The number of rotatable bonds is 1. The van der Waals surface area contributed by atoms with Crippen molar-refractivity contribution in [2.75, 3.05) is 0 Å². The van der Waals surface area contributed by atoms with E-state index < -0.39 is 0 Å². The average Bonchev–Trinajstić information content (AvgIpc) is 2.49. The largest absolute Gasteiger partial charge is 0.404 e.